The lowest BCUT2D eigenvalue weighted by atomic mass is 10.2. The van der Waals surface area contributed by atoms with Gasteiger partial charge in [0.05, 0.1) is 5.02 Å². The van der Waals surface area contributed by atoms with E-state index in [2.05, 4.69) is 16.4 Å². The Balaban J connectivity index is 1.75. The normalized spacial score (nSPS) is 10.8. The first kappa shape index (κ1) is 12.1. The van der Waals surface area contributed by atoms with Crippen molar-refractivity contribution in [1.29, 1.82) is 0 Å². The number of rotatable bonds is 3. The Kier molecular flexibility index (Phi) is 3.13. The van der Waals surface area contributed by atoms with Crippen LogP contribution < -0.4 is 5.32 Å². The third-order valence-corrected chi connectivity index (χ3v) is 3.34. The molecule has 0 radical (unpaired) electrons. The van der Waals surface area contributed by atoms with Crippen LogP contribution in [0, 0.1) is 5.82 Å². The van der Waals surface area contributed by atoms with Crippen molar-refractivity contribution in [3.8, 4) is 0 Å². The third-order valence-electron chi connectivity index (χ3n) is 3.03. The fourth-order valence-electron chi connectivity index (χ4n) is 2.02. The maximum atomic E-state index is 13.3. The number of nitrogens with one attached hydrogen (secondary N) is 2. The standard InChI is InChI=1S/C15H12ClFN2/c16-13-3-1-10(7-14(13)17)9-19-12-2-4-15-11(8-12)5-6-18-15/h1-8,18-19H,9H2. The minimum absolute atomic E-state index is 0.150. The summed E-state index contributed by atoms with van der Waals surface area (Å²) in [6.07, 6.45) is 1.91. The monoisotopic (exact) mass is 274 g/mol. The van der Waals surface area contributed by atoms with Crippen LogP contribution in [0.25, 0.3) is 10.9 Å². The first-order valence-electron chi connectivity index (χ1n) is 5.97. The smallest absolute Gasteiger partial charge is 0.142 e. The molecule has 2 nitrogen and oxygen atoms in total. The molecule has 0 unspecified atom stereocenters. The molecule has 3 aromatic rings. The van der Waals surface area contributed by atoms with E-state index in [0.717, 1.165) is 22.2 Å². The van der Waals surface area contributed by atoms with Gasteiger partial charge in [0.2, 0.25) is 0 Å². The van der Waals surface area contributed by atoms with Gasteiger partial charge in [0, 0.05) is 29.3 Å². The predicted molar refractivity (Wildman–Crippen MR) is 77.0 cm³/mol. The zero-order valence-corrected chi connectivity index (χ0v) is 10.8. The average molecular weight is 275 g/mol. The molecule has 0 bridgehead atoms. The highest BCUT2D eigenvalue weighted by atomic mass is 35.5. The first-order valence-corrected chi connectivity index (χ1v) is 6.35. The largest absolute Gasteiger partial charge is 0.381 e. The highest BCUT2D eigenvalue weighted by molar-refractivity contribution is 6.30. The Morgan fingerprint density at radius 3 is 2.84 bits per heavy atom. The van der Waals surface area contributed by atoms with Gasteiger partial charge < -0.3 is 10.3 Å². The second kappa shape index (κ2) is 4.94. The number of halogens is 2. The molecule has 0 saturated heterocycles. The van der Waals surface area contributed by atoms with Gasteiger partial charge in [0.15, 0.2) is 0 Å². The van der Waals surface area contributed by atoms with E-state index in [4.69, 9.17) is 11.6 Å². The van der Waals surface area contributed by atoms with Crippen LogP contribution in [0.5, 0.6) is 0 Å². The van der Waals surface area contributed by atoms with Crippen molar-refractivity contribution >= 4 is 28.2 Å². The second-order valence-corrected chi connectivity index (χ2v) is 4.79. The fourth-order valence-corrected chi connectivity index (χ4v) is 2.13. The highest BCUT2D eigenvalue weighted by Crippen LogP contribution is 2.20. The van der Waals surface area contributed by atoms with Gasteiger partial charge >= 0.3 is 0 Å². The molecular weight excluding hydrogens is 263 g/mol. The summed E-state index contributed by atoms with van der Waals surface area (Å²) in [6, 6.07) is 12.9. The van der Waals surface area contributed by atoms with Crippen LogP contribution in [-0.4, -0.2) is 4.98 Å². The summed E-state index contributed by atoms with van der Waals surface area (Å²) >= 11 is 5.65. The lowest BCUT2D eigenvalue weighted by molar-refractivity contribution is 0.626. The zero-order valence-electron chi connectivity index (χ0n) is 10.1. The molecule has 0 amide bonds. The molecule has 0 aliphatic rings. The van der Waals surface area contributed by atoms with Crippen molar-refractivity contribution in [3.05, 3.63) is 65.1 Å². The highest BCUT2D eigenvalue weighted by Gasteiger charge is 2.01. The maximum Gasteiger partial charge on any atom is 0.142 e. The lowest BCUT2D eigenvalue weighted by Gasteiger charge is -2.07. The molecule has 0 aliphatic heterocycles. The van der Waals surface area contributed by atoms with Crippen molar-refractivity contribution < 1.29 is 4.39 Å². The molecule has 0 aliphatic carbocycles. The summed E-state index contributed by atoms with van der Waals surface area (Å²) in [7, 11) is 0. The van der Waals surface area contributed by atoms with Gasteiger partial charge in [-0.2, -0.15) is 0 Å². The van der Waals surface area contributed by atoms with Crippen molar-refractivity contribution in [3.63, 3.8) is 0 Å². The Morgan fingerprint density at radius 1 is 1.11 bits per heavy atom. The summed E-state index contributed by atoms with van der Waals surface area (Å²) in [6.45, 7) is 0.560. The van der Waals surface area contributed by atoms with Crippen LogP contribution in [0.4, 0.5) is 10.1 Å². The van der Waals surface area contributed by atoms with Crippen molar-refractivity contribution in [2.75, 3.05) is 5.32 Å². The number of H-pyrrole nitrogens is 1. The van der Waals surface area contributed by atoms with Gasteiger partial charge in [0.1, 0.15) is 5.82 Å². The predicted octanol–water partition coefficient (Wildman–Crippen LogP) is 4.57. The molecule has 3 rings (SSSR count). The minimum Gasteiger partial charge on any atom is -0.381 e. The van der Waals surface area contributed by atoms with Crippen molar-refractivity contribution in [1.82, 2.24) is 4.98 Å². The lowest BCUT2D eigenvalue weighted by Crippen LogP contribution is -1.99. The molecule has 0 saturated carbocycles. The Morgan fingerprint density at radius 2 is 2.00 bits per heavy atom. The topological polar surface area (TPSA) is 27.8 Å². The molecule has 1 aromatic heterocycles. The van der Waals surface area contributed by atoms with Gasteiger partial charge in [-0.1, -0.05) is 17.7 Å². The Bertz CT molecular complexity index is 721. The molecule has 0 spiro atoms. The first-order chi connectivity index (χ1) is 9.22. The van der Waals surface area contributed by atoms with Crippen LogP contribution in [0.15, 0.2) is 48.7 Å². The minimum atomic E-state index is -0.387. The Hall–Kier alpha value is -2.00. The van der Waals surface area contributed by atoms with Crippen LogP contribution in [0.1, 0.15) is 5.56 Å². The van der Waals surface area contributed by atoms with Gasteiger partial charge in [-0.25, -0.2) is 4.39 Å². The van der Waals surface area contributed by atoms with Gasteiger partial charge in [-0.15, -0.1) is 0 Å². The number of fused-ring (bicyclic) bond motifs is 1. The van der Waals surface area contributed by atoms with E-state index >= 15 is 0 Å². The van der Waals surface area contributed by atoms with Gasteiger partial charge in [-0.05, 0) is 42.0 Å². The van der Waals surface area contributed by atoms with E-state index < -0.39 is 0 Å². The fraction of sp³-hybridized carbons (Fsp3) is 0.0667. The number of hydrogen-bond acceptors (Lipinski definition) is 1. The molecule has 96 valence electrons. The van der Waals surface area contributed by atoms with E-state index in [-0.39, 0.29) is 10.8 Å². The summed E-state index contributed by atoms with van der Waals surface area (Å²) in [5.41, 5.74) is 2.96. The molecule has 1 heterocycles. The SMILES string of the molecule is Fc1cc(CNc2ccc3[nH]ccc3c2)ccc1Cl. The number of benzene rings is 2. The Labute approximate surface area is 115 Å². The van der Waals surface area contributed by atoms with Crippen LogP contribution in [0.2, 0.25) is 5.02 Å². The number of anilines is 1. The van der Waals surface area contributed by atoms with Crippen LogP contribution in [-0.2, 0) is 6.54 Å². The van der Waals surface area contributed by atoms with Crippen molar-refractivity contribution in [2.24, 2.45) is 0 Å². The number of aromatic nitrogens is 1. The van der Waals surface area contributed by atoms with Crippen molar-refractivity contribution in [2.45, 2.75) is 6.54 Å². The number of hydrogen-bond donors (Lipinski definition) is 2. The van der Waals surface area contributed by atoms with E-state index in [9.17, 15) is 4.39 Å². The summed E-state index contributed by atoms with van der Waals surface area (Å²) < 4.78 is 13.3. The molecule has 0 atom stereocenters. The molecule has 2 aromatic carbocycles. The molecule has 4 heteroatoms. The van der Waals surface area contributed by atoms with E-state index in [1.165, 1.54) is 6.07 Å². The number of aromatic amines is 1. The quantitative estimate of drug-likeness (QED) is 0.719. The second-order valence-electron chi connectivity index (χ2n) is 4.38. The molecule has 19 heavy (non-hydrogen) atoms. The van der Waals surface area contributed by atoms with Crippen LogP contribution >= 0.6 is 11.6 Å². The van der Waals surface area contributed by atoms with E-state index in [1.807, 2.05) is 30.5 Å². The van der Waals surface area contributed by atoms with E-state index in [1.54, 1.807) is 6.07 Å². The van der Waals surface area contributed by atoms with E-state index in [0.29, 0.717) is 6.54 Å². The third kappa shape index (κ3) is 2.56. The summed E-state index contributed by atoms with van der Waals surface area (Å²) in [5, 5.41) is 4.56. The molecule has 2 N–H and O–H groups in total. The summed E-state index contributed by atoms with van der Waals surface area (Å²) in [5.74, 6) is -0.387. The molecule has 0 fully saturated rings. The zero-order chi connectivity index (χ0) is 13.2. The van der Waals surface area contributed by atoms with Crippen LogP contribution in [0.3, 0.4) is 0 Å². The van der Waals surface area contributed by atoms with Gasteiger partial charge in [-0.3, -0.25) is 0 Å². The molecular formula is C15H12ClFN2. The average Bonchev–Trinajstić information content (AvgIpc) is 2.87. The van der Waals surface area contributed by atoms with Gasteiger partial charge in [0.25, 0.3) is 0 Å². The maximum absolute atomic E-state index is 13.3. The summed E-state index contributed by atoms with van der Waals surface area (Å²) in [4.78, 5) is 3.14.